The lowest BCUT2D eigenvalue weighted by Gasteiger charge is -2.33. The summed E-state index contributed by atoms with van der Waals surface area (Å²) in [6, 6.07) is 12.6. The minimum atomic E-state index is -0.124. The Labute approximate surface area is 158 Å². The summed E-state index contributed by atoms with van der Waals surface area (Å²) in [7, 11) is 0. The van der Waals surface area contributed by atoms with Crippen LogP contribution in [-0.4, -0.2) is 43.5 Å². The van der Waals surface area contributed by atoms with Gasteiger partial charge in [-0.15, -0.1) is 0 Å². The Morgan fingerprint density at radius 1 is 1.11 bits per heavy atom. The van der Waals surface area contributed by atoms with E-state index in [2.05, 4.69) is 14.5 Å². The van der Waals surface area contributed by atoms with E-state index in [9.17, 15) is 9.90 Å². The third kappa shape index (κ3) is 3.69. The summed E-state index contributed by atoms with van der Waals surface area (Å²) in [5.74, 6) is 1.06. The van der Waals surface area contributed by atoms with Crippen LogP contribution in [0, 0.1) is 0 Å². The Kier molecular flexibility index (Phi) is 4.87. The highest BCUT2D eigenvalue weighted by Crippen LogP contribution is 2.28. The molecule has 4 rings (SSSR count). The van der Waals surface area contributed by atoms with Crippen LogP contribution >= 0.6 is 0 Å². The minimum Gasteiger partial charge on any atom is -0.507 e. The summed E-state index contributed by atoms with van der Waals surface area (Å²) in [5, 5.41) is 10.00. The molecule has 0 spiro atoms. The third-order valence-electron chi connectivity index (χ3n) is 5.01. The first kappa shape index (κ1) is 17.3. The summed E-state index contributed by atoms with van der Waals surface area (Å²) in [6.45, 7) is 1.97. The molecule has 3 heterocycles. The Bertz CT molecular complexity index is 923. The summed E-state index contributed by atoms with van der Waals surface area (Å²) in [4.78, 5) is 23.6. The molecule has 1 saturated heterocycles. The van der Waals surface area contributed by atoms with Crippen molar-refractivity contribution < 1.29 is 9.90 Å². The van der Waals surface area contributed by atoms with Gasteiger partial charge in [-0.3, -0.25) is 9.78 Å². The molecule has 0 bridgehead atoms. The van der Waals surface area contributed by atoms with Gasteiger partial charge in [0.1, 0.15) is 11.6 Å². The molecule has 0 radical (unpaired) electrons. The van der Waals surface area contributed by atoms with E-state index in [1.54, 1.807) is 30.5 Å². The highest BCUT2D eigenvalue weighted by molar-refractivity contribution is 5.96. The van der Waals surface area contributed by atoms with Crippen molar-refractivity contribution in [2.24, 2.45) is 0 Å². The Balaban J connectivity index is 1.52. The van der Waals surface area contributed by atoms with Gasteiger partial charge in [-0.05, 0) is 37.1 Å². The maximum atomic E-state index is 12.8. The van der Waals surface area contributed by atoms with E-state index in [0.29, 0.717) is 25.2 Å². The number of likely N-dealkylation sites (tertiary alicyclic amines) is 1. The zero-order chi connectivity index (χ0) is 18.6. The number of para-hydroxylation sites is 1. The first-order valence-corrected chi connectivity index (χ1v) is 9.20. The second kappa shape index (κ2) is 7.61. The molecule has 2 aromatic heterocycles. The van der Waals surface area contributed by atoms with Crippen LogP contribution in [0.2, 0.25) is 0 Å². The van der Waals surface area contributed by atoms with Crippen molar-refractivity contribution in [2.75, 3.05) is 13.1 Å². The van der Waals surface area contributed by atoms with Gasteiger partial charge in [0.15, 0.2) is 0 Å². The maximum Gasteiger partial charge on any atom is 0.257 e. The molecule has 1 atom stereocenters. The number of aromatic hydroxyl groups is 1. The summed E-state index contributed by atoms with van der Waals surface area (Å²) in [6.07, 6.45) is 7.47. The van der Waals surface area contributed by atoms with Crippen molar-refractivity contribution in [3.05, 3.63) is 78.1 Å². The zero-order valence-electron chi connectivity index (χ0n) is 15.0. The molecule has 27 heavy (non-hydrogen) atoms. The van der Waals surface area contributed by atoms with Crippen LogP contribution in [0.3, 0.4) is 0 Å². The molecule has 1 N–H and O–H groups in total. The number of carbonyl (C=O) groups excluding carboxylic acids is 1. The van der Waals surface area contributed by atoms with Crippen molar-refractivity contribution in [2.45, 2.75) is 25.3 Å². The molecule has 0 aliphatic carbocycles. The van der Waals surface area contributed by atoms with Gasteiger partial charge in [0, 0.05) is 37.6 Å². The number of amides is 1. The number of hydrogen-bond acceptors (Lipinski definition) is 4. The standard InChI is InChI=1S/C21H22N4O2/c26-19-9-2-1-8-18(19)21(27)25-12-5-6-16(14-25)20-23-11-13-24(20)15-17-7-3-4-10-22-17/h1-4,7-11,13,16,26H,5-6,12,14-15H2/t16-/m1/s1. The number of aromatic nitrogens is 3. The number of benzene rings is 1. The van der Waals surface area contributed by atoms with Crippen LogP contribution in [0.1, 0.15) is 40.6 Å². The molecular formula is C21H22N4O2. The monoisotopic (exact) mass is 362 g/mol. The number of carbonyl (C=O) groups is 1. The summed E-state index contributed by atoms with van der Waals surface area (Å²) < 4.78 is 2.11. The Morgan fingerprint density at radius 3 is 2.78 bits per heavy atom. The lowest BCUT2D eigenvalue weighted by molar-refractivity contribution is 0.0700. The fraction of sp³-hybridized carbons (Fsp3) is 0.286. The first-order chi connectivity index (χ1) is 13.2. The van der Waals surface area contributed by atoms with Crippen molar-refractivity contribution in [1.29, 1.82) is 0 Å². The van der Waals surface area contributed by atoms with Gasteiger partial charge in [0.05, 0.1) is 17.8 Å². The molecule has 6 nitrogen and oxygen atoms in total. The van der Waals surface area contributed by atoms with Gasteiger partial charge in [-0.25, -0.2) is 4.98 Å². The number of nitrogens with zero attached hydrogens (tertiary/aromatic N) is 4. The molecule has 1 fully saturated rings. The number of phenols is 1. The van der Waals surface area contributed by atoms with E-state index >= 15 is 0 Å². The summed E-state index contributed by atoms with van der Waals surface area (Å²) in [5.41, 5.74) is 1.34. The number of hydrogen-bond donors (Lipinski definition) is 1. The van der Waals surface area contributed by atoms with E-state index < -0.39 is 0 Å². The smallest absolute Gasteiger partial charge is 0.257 e. The average molecular weight is 362 g/mol. The van der Waals surface area contributed by atoms with E-state index in [1.165, 1.54) is 0 Å². The van der Waals surface area contributed by atoms with Crippen molar-refractivity contribution in [1.82, 2.24) is 19.4 Å². The zero-order valence-corrected chi connectivity index (χ0v) is 15.0. The summed E-state index contributed by atoms with van der Waals surface area (Å²) >= 11 is 0. The number of piperidine rings is 1. The second-order valence-electron chi connectivity index (χ2n) is 6.84. The molecule has 1 aliphatic rings. The van der Waals surface area contributed by atoms with Crippen LogP contribution < -0.4 is 0 Å². The van der Waals surface area contributed by atoms with E-state index in [-0.39, 0.29) is 17.6 Å². The van der Waals surface area contributed by atoms with E-state index in [1.807, 2.05) is 35.5 Å². The molecule has 0 unspecified atom stereocenters. The number of imidazole rings is 1. The lowest BCUT2D eigenvalue weighted by Crippen LogP contribution is -2.39. The van der Waals surface area contributed by atoms with Gasteiger partial charge >= 0.3 is 0 Å². The minimum absolute atomic E-state index is 0.0290. The Hall–Kier alpha value is -3.15. The molecule has 3 aromatic rings. The molecule has 138 valence electrons. The van der Waals surface area contributed by atoms with Crippen LogP contribution in [-0.2, 0) is 6.54 Å². The molecule has 1 amide bonds. The average Bonchev–Trinajstić information content (AvgIpc) is 3.17. The van der Waals surface area contributed by atoms with Gasteiger partial charge in [0.2, 0.25) is 0 Å². The Morgan fingerprint density at radius 2 is 1.96 bits per heavy atom. The fourth-order valence-electron chi connectivity index (χ4n) is 3.68. The third-order valence-corrected chi connectivity index (χ3v) is 5.01. The molecular weight excluding hydrogens is 340 g/mol. The quantitative estimate of drug-likeness (QED) is 0.774. The van der Waals surface area contributed by atoms with Crippen LogP contribution in [0.15, 0.2) is 61.1 Å². The lowest BCUT2D eigenvalue weighted by atomic mass is 9.96. The number of pyridine rings is 1. The highest BCUT2D eigenvalue weighted by atomic mass is 16.3. The molecule has 6 heteroatoms. The van der Waals surface area contributed by atoms with Gasteiger partial charge in [-0.1, -0.05) is 18.2 Å². The van der Waals surface area contributed by atoms with Crippen molar-refractivity contribution in [3.8, 4) is 5.75 Å². The van der Waals surface area contributed by atoms with Gasteiger partial charge in [-0.2, -0.15) is 0 Å². The van der Waals surface area contributed by atoms with E-state index in [4.69, 9.17) is 0 Å². The van der Waals surface area contributed by atoms with Crippen LogP contribution in [0.5, 0.6) is 5.75 Å². The number of rotatable bonds is 4. The molecule has 1 aliphatic heterocycles. The molecule has 0 saturated carbocycles. The van der Waals surface area contributed by atoms with Crippen LogP contribution in [0.25, 0.3) is 0 Å². The topological polar surface area (TPSA) is 71.2 Å². The van der Waals surface area contributed by atoms with Crippen molar-refractivity contribution >= 4 is 5.91 Å². The van der Waals surface area contributed by atoms with E-state index in [0.717, 1.165) is 24.4 Å². The normalized spacial score (nSPS) is 17.0. The van der Waals surface area contributed by atoms with Crippen LogP contribution in [0.4, 0.5) is 0 Å². The SMILES string of the molecule is O=C(c1ccccc1O)N1CCC[C@@H](c2nccn2Cc2ccccn2)C1. The number of phenolic OH excluding ortho intramolecular Hbond substituents is 1. The van der Waals surface area contributed by atoms with Crippen molar-refractivity contribution in [3.63, 3.8) is 0 Å². The molecule has 1 aromatic carbocycles. The largest absolute Gasteiger partial charge is 0.507 e. The first-order valence-electron chi connectivity index (χ1n) is 9.20. The van der Waals surface area contributed by atoms with Gasteiger partial charge < -0.3 is 14.6 Å². The fourth-order valence-corrected chi connectivity index (χ4v) is 3.68. The second-order valence-corrected chi connectivity index (χ2v) is 6.84. The van der Waals surface area contributed by atoms with Gasteiger partial charge in [0.25, 0.3) is 5.91 Å². The highest BCUT2D eigenvalue weighted by Gasteiger charge is 2.29. The maximum absolute atomic E-state index is 12.8. The predicted molar refractivity (Wildman–Crippen MR) is 102 cm³/mol. The predicted octanol–water partition coefficient (Wildman–Crippen LogP) is 3.05.